The lowest BCUT2D eigenvalue weighted by molar-refractivity contribution is 0.410. The summed E-state index contributed by atoms with van der Waals surface area (Å²) < 4.78 is 13.4. The number of rotatable bonds is 3. The van der Waals surface area contributed by atoms with Crippen molar-refractivity contribution in [2.24, 2.45) is 4.99 Å². The van der Waals surface area contributed by atoms with E-state index in [0.29, 0.717) is 18.3 Å². The number of nitrogens with one attached hydrogen (secondary N) is 2. The maximum absolute atomic E-state index is 13.4. The van der Waals surface area contributed by atoms with Crippen LogP contribution in [-0.4, -0.2) is 24.0 Å². The van der Waals surface area contributed by atoms with Gasteiger partial charge in [-0.15, -0.1) is 0 Å². The van der Waals surface area contributed by atoms with Crippen LogP contribution in [0, 0.1) is 5.82 Å². The van der Waals surface area contributed by atoms with E-state index in [2.05, 4.69) is 20.6 Å². The minimum atomic E-state index is -0.289. The van der Waals surface area contributed by atoms with E-state index in [-0.39, 0.29) is 5.82 Å². The van der Waals surface area contributed by atoms with E-state index in [0.717, 1.165) is 5.96 Å². The highest BCUT2D eigenvalue weighted by molar-refractivity contribution is 5.79. The maximum Gasteiger partial charge on any atom is 0.191 e. The number of hydrogen-bond donors (Lipinski definition) is 2. The molecular weight excluding hydrogens is 243 g/mol. The Morgan fingerprint density at radius 3 is 2.89 bits per heavy atom. The monoisotopic (exact) mass is 264 g/mol. The van der Waals surface area contributed by atoms with Crippen LogP contribution >= 0.6 is 0 Å². The summed E-state index contributed by atoms with van der Waals surface area (Å²) in [6, 6.07) is 3.49. The largest absolute Gasteiger partial charge is 0.354 e. The number of nitrogens with zero attached hydrogens (tertiary/aromatic N) is 2. The summed E-state index contributed by atoms with van der Waals surface area (Å²) in [5.74, 6) is 0.431. The van der Waals surface area contributed by atoms with Gasteiger partial charge in [-0.1, -0.05) is 19.3 Å². The molecule has 0 amide bonds. The van der Waals surface area contributed by atoms with Gasteiger partial charge >= 0.3 is 0 Å². The molecule has 0 bridgehead atoms. The molecule has 0 spiro atoms. The molecule has 1 saturated carbocycles. The zero-order chi connectivity index (χ0) is 13.5. The molecule has 5 heteroatoms. The Bertz CT molecular complexity index is 427. The molecule has 104 valence electrons. The van der Waals surface area contributed by atoms with Gasteiger partial charge < -0.3 is 10.6 Å². The van der Waals surface area contributed by atoms with Crippen LogP contribution in [0.3, 0.4) is 0 Å². The van der Waals surface area contributed by atoms with Crippen LogP contribution in [0.5, 0.6) is 0 Å². The average Bonchev–Trinajstić information content (AvgIpc) is 2.46. The summed E-state index contributed by atoms with van der Waals surface area (Å²) >= 11 is 0. The van der Waals surface area contributed by atoms with Gasteiger partial charge in [0.1, 0.15) is 5.82 Å². The minimum absolute atomic E-state index is 0.289. The zero-order valence-corrected chi connectivity index (χ0v) is 11.3. The van der Waals surface area contributed by atoms with Gasteiger partial charge in [0.2, 0.25) is 0 Å². The molecule has 2 rings (SSSR count). The molecule has 1 heterocycles. The van der Waals surface area contributed by atoms with E-state index in [9.17, 15) is 4.39 Å². The SMILES string of the molecule is CN=C(NCc1ncccc1F)NC1CCCCC1. The number of hydrogen-bond acceptors (Lipinski definition) is 2. The lowest BCUT2D eigenvalue weighted by atomic mass is 9.96. The van der Waals surface area contributed by atoms with Crippen molar-refractivity contribution < 1.29 is 4.39 Å². The molecule has 0 atom stereocenters. The molecule has 0 unspecified atom stereocenters. The van der Waals surface area contributed by atoms with Gasteiger partial charge in [-0.3, -0.25) is 9.98 Å². The van der Waals surface area contributed by atoms with Crippen LogP contribution < -0.4 is 10.6 Å². The first-order valence-electron chi connectivity index (χ1n) is 6.86. The Labute approximate surface area is 113 Å². The van der Waals surface area contributed by atoms with Gasteiger partial charge in [0, 0.05) is 19.3 Å². The summed E-state index contributed by atoms with van der Waals surface area (Å²) in [6.45, 7) is 0.346. The minimum Gasteiger partial charge on any atom is -0.354 e. The Balaban J connectivity index is 1.84. The molecule has 1 fully saturated rings. The van der Waals surface area contributed by atoms with Crippen molar-refractivity contribution in [3.8, 4) is 0 Å². The first-order chi connectivity index (χ1) is 9.29. The number of aromatic nitrogens is 1. The van der Waals surface area contributed by atoms with Crippen LogP contribution in [0.25, 0.3) is 0 Å². The van der Waals surface area contributed by atoms with Crippen LogP contribution in [0.15, 0.2) is 23.3 Å². The quantitative estimate of drug-likeness (QED) is 0.650. The van der Waals surface area contributed by atoms with Crippen molar-refractivity contribution in [2.45, 2.75) is 44.7 Å². The molecule has 4 nitrogen and oxygen atoms in total. The summed E-state index contributed by atoms with van der Waals surface area (Å²) in [6.07, 6.45) is 7.81. The van der Waals surface area contributed by atoms with Gasteiger partial charge in [0.05, 0.1) is 12.2 Å². The molecule has 19 heavy (non-hydrogen) atoms. The predicted octanol–water partition coefficient (Wildman–Crippen LogP) is 2.22. The van der Waals surface area contributed by atoms with Gasteiger partial charge in [-0.25, -0.2) is 4.39 Å². The summed E-state index contributed by atoms with van der Waals surface area (Å²) in [4.78, 5) is 8.18. The van der Waals surface area contributed by atoms with Crippen LogP contribution in [0.4, 0.5) is 4.39 Å². The third-order valence-electron chi connectivity index (χ3n) is 3.43. The van der Waals surface area contributed by atoms with Crippen molar-refractivity contribution in [2.75, 3.05) is 7.05 Å². The molecule has 1 aromatic rings. The first kappa shape index (κ1) is 13.8. The predicted molar refractivity (Wildman–Crippen MR) is 74.4 cm³/mol. The third kappa shape index (κ3) is 4.19. The fourth-order valence-electron chi connectivity index (χ4n) is 2.35. The summed E-state index contributed by atoms with van der Waals surface area (Å²) in [7, 11) is 1.73. The molecule has 0 radical (unpaired) electrons. The molecule has 1 aromatic heterocycles. The Morgan fingerprint density at radius 1 is 1.42 bits per heavy atom. The summed E-state index contributed by atoms with van der Waals surface area (Å²) in [5.41, 5.74) is 0.411. The Hall–Kier alpha value is -1.65. The molecule has 0 saturated heterocycles. The molecular formula is C14H21FN4. The maximum atomic E-state index is 13.4. The fourth-order valence-corrected chi connectivity index (χ4v) is 2.35. The lowest BCUT2D eigenvalue weighted by Crippen LogP contribution is -2.44. The first-order valence-corrected chi connectivity index (χ1v) is 6.86. The van der Waals surface area contributed by atoms with Gasteiger partial charge in [-0.2, -0.15) is 0 Å². The number of pyridine rings is 1. The van der Waals surface area contributed by atoms with Crippen molar-refractivity contribution in [3.05, 3.63) is 29.8 Å². The highest BCUT2D eigenvalue weighted by Crippen LogP contribution is 2.17. The van der Waals surface area contributed by atoms with E-state index in [1.165, 1.54) is 38.2 Å². The standard InChI is InChI=1S/C14H21FN4/c1-16-14(19-11-6-3-2-4-7-11)18-10-13-12(15)8-5-9-17-13/h5,8-9,11H,2-4,6-7,10H2,1H3,(H2,16,18,19). The van der Waals surface area contributed by atoms with E-state index < -0.39 is 0 Å². The van der Waals surface area contributed by atoms with Crippen molar-refractivity contribution in [1.82, 2.24) is 15.6 Å². The topological polar surface area (TPSA) is 49.3 Å². The molecule has 0 aliphatic heterocycles. The van der Waals surface area contributed by atoms with Crippen LogP contribution in [0.1, 0.15) is 37.8 Å². The highest BCUT2D eigenvalue weighted by atomic mass is 19.1. The highest BCUT2D eigenvalue weighted by Gasteiger charge is 2.14. The molecule has 1 aliphatic rings. The lowest BCUT2D eigenvalue weighted by Gasteiger charge is -2.24. The van der Waals surface area contributed by atoms with Crippen molar-refractivity contribution in [1.29, 1.82) is 0 Å². The van der Waals surface area contributed by atoms with E-state index in [1.807, 2.05) is 0 Å². The number of guanidine groups is 1. The Kier molecular flexibility index (Phi) is 5.12. The molecule has 0 aromatic carbocycles. The van der Waals surface area contributed by atoms with E-state index >= 15 is 0 Å². The second-order valence-electron chi connectivity index (χ2n) is 4.84. The fraction of sp³-hybridized carbons (Fsp3) is 0.571. The molecule has 2 N–H and O–H groups in total. The van der Waals surface area contributed by atoms with Crippen LogP contribution in [-0.2, 0) is 6.54 Å². The average molecular weight is 264 g/mol. The Morgan fingerprint density at radius 2 is 2.21 bits per heavy atom. The second kappa shape index (κ2) is 7.07. The molecule has 1 aliphatic carbocycles. The second-order valence-corrected chi connectivity index (χ2v) is 4.84. The number of halogens is 1. The van der Waals surface area contributed by atoms with Gasteiger partial charge in [0.25, 0.3) is 0 Å². The van der Waals surface area contributed by atoms with Gasteiger partial charge in [-0.05, 0) is 25.0 Å². The third-order valence-corrected chi connectivity index (χ3v) is 3.43. The van der Waals surface area contributed by atoms with Crippen molar-refractivity contribution in [3.63, 3.8) is 0 Å². The van der Waals surface area contributed by atoms with E-state index in [1.54, 1.807) is 19.3 Å². The van der Waals surface area contributed by atoms with Gasteiger partial charge in [0.15, 0.2) is 5.96 Å². The van der Waals surface area contributed by atoms with Crippen LogP contribution in [0.2, 0.25) is 0 Å². The van der Waals surface area contributed by atoms with Crippen molar-refractivity contribution >= 4 is 5.96 Å². The zero-order valence-electron chi connectivity index (χ0n) is 11.3. The smallest absolute Gasteiger partial charge is 0.191 e. The number of aliphatic imine (C=N–C) groups is 1. The summed E-state index contributed by atoms with van der Waals surface area (Å²) in [5, 5.41) is 6.49. The normalized spacial score (nSPS) is 17.3. The van der Waals surface area contributed by atoms with E-state index in [4.69, 9.17) is 0 Å².